The van der Waals surface area contributed by atoms with E-state index in [0.717, 1.165) is 16.5 Å². The van der Waals surface area contributed by atoms with Crippen molar-refractivity contribution in [3.63, 3.8) is 0 Å². The van der Waals surface area contributed by atoms with Gasteiger partial charge in [-0.2, -0.15) is 0 Å². The monoisotopic (exact) mass is 327 g/mol. The van der Waals surface area contributed by atoms with E-state index in [1.54, 1.807) is 12.1 Å². The van der Waals surface area contributed by atoms with E-state index in [1.807, 2.05) is 19.9 Å². The zero-order chi connectivity index (χ0) is 14.4. The molecule has 0 aromatic heterocycles. The largest absolute Gasteiger partial charge is 0.481 e. The van der Waals surface area contributed by atoms with E-state index < -0.39 is 11.9 Å². The Morgan fingerprint density at radius 2 is 2.11 bits per heavy atom. The number of hydrogen-bond donors (Lipinski definition) is 2. The van der Waals surface area contributed by atoms with Gasteiger partial charge in [-0.15, -0.1) is 0 Å². The number of rotatable bonds is 6. The third-order valence-corrected chi connectivity index (χ3v) is 3.81. The molecule has 0 fully saturated rings. The lowest BCUT2D eigenvalue weighted by molar-refractivity contribution is -0.141. The van der Waals surface area contributed by atoms with Crippen LogP contribution in [-0.4, -0.2) is 23.5 Å². The average molecular weight is 328 g/mol. The van der Waals surface area contributed by atoms with E-state index in [9.17, 15) is 9.59 Å². The van der Waals surface area contributed by atoms with Crippen LogP contribution in [0.15, 0.2) is 22.7 Å². The quantitative estimate of drug-likeness (QED) is 0.844. The molecule has 0 saturated heterocycles. The van der Waals surface area contributed by atoms with Crippen molar-refractivity contribution in [2.24, 2.45) is 5.92 Å². The molecule has 1 atom stereocenters. The fourth-order valence-corrected chi connectivity index (χ4v) is 2.01. The number of halogens is 1. The molecule has 1 aromatic rings. The first-order valence-corrected chi connectivity index (χ1v) is 7.02. The van der Waals surface area contributed by atoms with Crippen molar-refractivity contribution in [1.82, 2.24) is 5.32 Å². The van der Waals surface area contributed by atoms with Crippen LogP contribution in [0.4, 0.5) is 0 Å². The molecule has 1 aromatic carbocycles. The van der Waals surface area contributed by atoms with Crippen LogP contribution < -0.4 is 5.32 Å². The van der Waals surface area contributed by atoms with Crippen molar-refractivity contribution < 1.29 is 14.7 Å². The number of aliphatic carboxylic acids is 1. The normalized spacial score (nSPS) is 11.9. The van der Waals surface area contributed by atoms with Crippen molar-refractivity contribution in [1.29, 1.82) is 0 Å². The highest BCUT2D eigenvalue weighted by Gasteiger charge is 2.17. The molecule has 0 radical (unpaired) electrons. The van der Waals surface area contributed by atoms with Crippen LogP contribution in [0.3, 0.4) is 0 Å². The van der Waals surface area contributed by atoms with Crippen LogP contribution in [-0.2, 0) is 4.79 Å². The maximum absolute atomic E-state index is 11.9. The van der Waals surface area contributed by atoms with E-state index in [0.29, 0.717) is 12.0 Å². The molecule has 1 rings (SSSR count). The lowest BCUT2D eigenvalue weighted by Gasteiger charge is -2.12. The van der Waals surface area contributed by atoms with Crippen LogP contribution in [0, 0.1) is 12.8 Å². The Labute approximate surface area is 121 Å². The summed E-state index contributed by atoms with van der Waals surface area (Å²) in [6, 6.07) is 5.29. The highest BCUT2D eigenvalue weighted by atomic mass is 79.9. The molecule has 1 amide bonds. The Balaban J connectivity index is 2.63. The highest BCUT2D eigenvalue weighted by molar-refractivity contribution is 9.10. The van der Waals surface area contributed by atoms with Gasteiger partial charge in [0.1, 0.15) is 0 Å². The Morgan fingerprint density at radius 3 is 2.63 bits per heavy atom. The maximum atomic E-state index is 11.9. The van der Waals surface area contributed by atoms with Crippen molar-refractivity contribution in [3.05, 3.63) is 33.8 Å². The van der Waals surface area contributed by atoms with Crippen LogP contribution in [0.5, 0.6) is 0 Å². The number of carbonyl (C=O) groups is 2. The summed E-state index contributed by atoms with van der Waals surface area (Å²) in [6.07, 6.45) is 1.35. The molecule has 0 aliphatic carbocycles. The molecule has 0 aliphatic heterocycles. The predicted molar refractivity (Wildman–Crippen MR) is 77.2 cm³/mol. The number of carboxylic acid groups (broad SMARTS) is 1. The molecule has 0 saturated carbocycles. The van der Waals surface area contributed by atoms with E-state index >= 15 is 0 Å². The summed E-state index contributed by atoms with van der Waals surface area (Å²) in [5.74, 6) is -1.63. The molecule has 0 spiro atoms. The molecule has 2 N–H and O–H groups in total. The number of carbonyl (C=O) groups excluding carboxylic acids is 1. The summed E-state index contributed by atoms with van der Waals surface area (Å²) < 4.78 is 0.943. The zero-order valence-corrected chi connectivity index (χ0v) is 12.7. The molecule has 4 nitrogen and oxygen atoms in total. The standard InChI is InChI=1S/C14H18BrNO3/c1-3-4-11(14(18)19)8-16-13(17)10-5-6-12(15)9(2)7-10/h5-7,11H,3-4,8H2,1-2H3,(H,16,17)(H,18,19). The second-order valence-corrected chi connectivity index (χ2v) is 5.35. The van der Waals surface area contributed by atoms with Crippen LogP contribution >= 0.6 is 15.9 Å². The number of carboxylic acids is 1. The Morgan fingerprint density at radius 1 is 1.42 bits per heavy atom. The lowest BCUT2D eigenvalue weighted by atomic mass is 10.0. The Kier molecular flexibility index (Phi) is 6.02. The summed E-state index contributed by atoms with van der Waals surface area (Å²) in [5.41, 5.74) is 1.51. The topological polar surface area (TPSA) is 66.4 Å². The minimum Gasteiger partial charge on any atom is -0.481 e. The number of amides is 1. The molecular formula is C14H18BrNO3. The molecule has 1 unspecified atom stereocenters. The smallest absolute Gasteiger partial charge is 0.308 e. The highest BCUT2D eigenvalue weighted by Crippen LogP contribution is 2.17. The number of aryl methyl sites for hydroxylation is 1. The second kappa shape index (κ2) is 7.28. The van der Waals surface area contributed by atoms with Crippen molar-refractivity contribution in [2.75, 3.05) is 6.54 Å². The fourth-order valence-electron chi connectivity index (χ4n) is 1.77. The first-order chi connectivity index (χ1) is 8.95. The number of nitrogens with one attached hydrogen (secondary N) is 1. The van der Waals surface area contributed by atoms with Gasteiger partial charge in [0, 0.05) is 16.6 Å². The summed E-state index contributed by atoms with van der Waals surface area (Å²) >= 11 is 3.37. The van der Waals surface area contributed by atoms with Gasteiger partial charge in [-0.3, -0.25) is 9.59 Å². The first-order valence-electron chi connectivity index (χ1n) is 6.22. The summed E-state index contributed by atoms with van der Waals surface area (Å²) in [7, 11) is 0. The molecule has 0 bridgehead atoms. The van der Waals surface area contributed by atoms with Gasteiger partial charge in [0.25, 0.3) is 5.91 Å². The molecule has 104 valence electrons. The van der Waals surface area contributed by atoms with Crippen molar-refractivity contribution in [3.8, 4) is 0 Å². The minimum atomic E-state index is -0.867. The van der Waals surface area contributed by atoms with E-state index in [-0.39, 0.29) is 12.5 Å². The Hall–Kier alpha value is -1.36. The van der Waals surface area contributed by atoms with Gasteiger partial charge in [0.05, 0.1) is 5.92 Å². The van der Waals surface area contributed by atoms with Gasteiger partial charge in [0.15, 0.2) is 0 Å². The van der Waals surface area contributed by atoms with Gasteiger partial charge in [-0.25, -0.2) is 0 Å². The van der Waals surface area contributed by atoms with Gasteiger partial charge >= 0.3 is 5.97 Å². The first kappa shape index (κ1) is 15.7. The van der Waals surface area contributed by atoms with E-state index in [4.69, 9.17) is 5.11 Å². The third kappa shape index (κ3) is 4.67. The van der Waals surface area contributed by atoms with E-state index in [1.165, 1.54) is 0 Å². The number of benzene rings is 1. The fraction of sp³-hybridized carbons (Fsp3) is 0.429. The van der Waals surface area contributed by atoms with Gasteiger partial charge < -0.3 is 10.4 Å². The van der Waals surface area contributed by atoms with Crippen molar-refractivity contribution >= 4 is 27.8 Å². The molecular weight excluding hydrogens is 310 g/mol. The molecule has 19 heavy (non-hydrogen) atoms. The summed E-state index contributed by atoms with van der Waals surface area (Å²) in [6.45, 7) is 3.99. The molecule has 0 heterocycles. The van der Waals surface area contributed by atoms with Gasteiger partial charge in [-0.1, -0.05) is 29.3 Å². The van der Waals surface area contributed by atoms with Crippen LogP contribution in [0.2, 0.25) is 0 Å². The second-order valence-electron chi connectivity index (χ2n) is 4.50. The van der Waals surface area contributed by atoms with E-state index in [2.05, 4.69) is 21.2 Å². The molecule has 5 heteroatoms. The Bertz CT molecular complexity index is 474. The molecule has 0 aliphatic rings. The minimum absolute atomic E-state index is 0.164. The van der Waals surface area contributed by atoms with Gasteiger partial charge in [0.2, 0.25) is 0 Å². The number of hydrogen-bond acceptors (Lipinski definition) is 2. The zero-order valence-electron chi connectivity index (χ0n) is 11.1. The lowest BCUT2D eigenvalue weighted by Crippen LogP contribution is -2.32. The van der Waals surface area contributed by atoms with Crippen molar-refractivity contribution in [2.45, 2.75) is 26.7 Å². The van der Waals surface area contributed by atoms with Crippen LogP contribution in [0.1, 0.15) is 35.7 Å². The average Bonchev–Trinajstić information content (AvgIpc) is 2.37. The maximum Gasteiger partial charge on any atom is 0.308 e. The SMILES string of the molecule is CCCC(CNC(=O)c1ccc(Br)c(C)c1)C(=O)O. The third-order valence-electron chi connectivity index (χ3n) is 2.92. The predicted octanol–water partition coefficient (Wildman–Crippen LogP) is 2.99. The van der Waals surface area contributed by atoms with Gasteiger partial charge in [-0.05, 0) is 37.1 Å². The summed E-state index contributed by atoms with van der Waals surface area (Å²) in [5, 5.41) is 11.7. The summed E-state index contributed by atoms with van der Waals surface area (Å²) in [4.78, 5) is 22.9. The van der Waals surface area contributed by atoms with Crippen LogP contribution in [0.25, 0.3) is 0 Å².